The van der Waals surface area contributed by atoms with E-state index < -0.39 is 10.0 Å². The van der Waals surface area contributed by atoms with E-state index in [9.17, 15) is 12.8 Å². The van der Waals surface area contributed by atoms with Gasteiger partial charge in [-0.1, -0.05) is 11.2 Å². The van der Waals surface area contributed by atoms with E-state index in [1.165, 1.54) is 27.8 Å². The van der Waals surface area contributed by atoms with E-state index in [-0.39, 0.29) is 17.6 Å². The molecule has 2 aromatic heterocycles. The van der Waals surface area contributed by atoms with Crippen LogP contribution in [-0.2, 0) is 10.0 Å². The van der Waals surface area contributed by atoms with Crippen LogP contribution in [-0.4, -0.2) is 36.0 Å². The van der Waals surface area contributed by atoms with Gasteiger partial charge in [0.05, 0.1) is 3.79 Å². The highest BCUT2D eigenvalue weighted by atomic mass is 79.9. The van der Waals surface area contributed by atoms with Crippen LogP contribution < -0.4 is 0 Å². The molecular weight excluding hydrogens is 457 g/mol. The van der Waals surface area contributed by atoms with Crippen molar-refractivity contribution in [2.24, 2.45) is 0 Å². The van der Waals surface area contributed by atoms with Crippen LogP contribution in [0.15, 0.2) is 48.9 Å². The molecular formula is C17H15BrFN3O3S2. The fraction of sp³-hybridized carbons (Fsp3) is 0.294. The molecule has 1 saturated heterocycles. The number of halogens is 2. The number of hydrogen-bond donors (Lipinski definition) is 0. The number of nitrogens with zero attached hydrogens (tertiary/aromatic N) is 3. The maximum Gasteiger partial charge on any atom is 0.258 e. The van der Waals surface area contributed by atoms with Crippen molar-refractivity contribution < 1.29 is 17.3 Å². The Morgan fingerprint density at radius 1 is 1.22 bits per heavy atom. The van der Waals surface area contributed by atoms with Gasteiger partial charge < -0.3 is 4.52 Å². The van der Waals surface area contributed by atoms with Crippen LogP contribution in [0, 0.1) is 5.82 Å². The highest BCUT2D eigenvalue weighted by Gasteiger charge is 2.32. The van der Waals surface area contributed by atoms with Gasteiger partial charge in [-0.3, -0.25) is 0 Å². The standard InChI is InChI=1S/C17H15BrFN3O3S2/c18-14-4-5-15(26-14)27(23,24)22-8-6-11(7-9-22)16-20-17(25-21-16)12-2-1-3-13(19)10-12/h1-5,10-11H,6-9H2. The molecule has 3 aromatic rings. The third-order valence-electron chi connectivity index (χ3n) is 4.48. The summed E-state index contributed by atoms with van der Waals surface area (Å²) in [5, 5.41) is 4.01. The molecule has 0 radical (unpaired) electrons. The van der Waals surface area contributed by atoms with Crippen molar-refractivity contribution in [1.82, 2.24) is 14.4 Å². The Morgan fingerprint density at radius 3 is 2.67 bits per heavy atom. The van der Waals surface area contributed by atoms with Crippen LogP contribution in [0.1, 0.15) is 24.6 Å². The predicted octanol–water partition coefficient (Wildman–Crippen LogP) is 4.27. The van der Waals surface area contributed by atoms with Crippen LogP contribution in [0.5, 0.6) is 0 Å². The van der Waals surface area contributed by atoms with E-state index in [0.29, 0.717) is 41.5 Å². The summed E-state index contributed by atoms with van der Waals surface area (Å²) in [6.07, 6.45) is 1.21. The second-order valence-corrected chi connectivity index (χ2v) is 10.8. The quantitative estimate of drug-likeness (QED) is 0.567. The molecule has 0 unspecified atom stereocenters. The summed E-state index contributed by atoms with van der Waals surface area (Å²) in [5.74, 6) is 0.441. The predicted molar refractivity (Wildman–Crippen MR) is 102 cm³/mol. The fourth-order valence-corrected chi connectivity index (χ4v) is 6.69. The lowest BCUT2D eigenvalue weighted by molar-refractivity contribution is 0.307. The summed E-state index contributed by atoms with van der Waals surface area (Å²) in [4.78, 5) is 4.38. The summed E-state index contributed by atoms with van der Waals surface area (Å²) < 4.78 is 46.6. The van der Waals surface area contributed by atoms with E-state index in [0.717, 1.165) is 3.79 Å². The average Bonchev–Trinajstić information content (AvgIpc) is 3.31. The van der Waals surface area contributed by atoms with Crippen molar-refractivity contribution in [1.29, 1.82) is 0 Å². The molecule has 1 aliphatic rings. The molecule has 0 aliphatic carbocycles. The number of aromatic nitrogens is 2. The average molecular weight is 472 g/mol. The number of benzene rings is 1. The minimum Gasteiger partial charge on any atom is -0.334 e. The molecule has 6 nitrogen and oxygen atoms in total. The normalized spacial score (nSPS) is 16.7. The second kappa shape index (κ2) is 7.42. The zero-order valence-electron chi connectivity index (χ0n) is 14.0. The Kier molecular flexibility index (Phi) is 5.15. The topological polar surface area (TPSA) is 76.3 Å². The van der Waals surface area contributed by atoms with Crippen molar-refractivity contribution in [2.75, 3.05) is 13.1 Å². The molecule has 0 N–H and O–H groups in total. The van der Waals surface area contributed by atoms with Crippen molar-refractivity contribution in [3.63, 3.8) is 0 Å². The molecule has 10 heteroatoms. The summed E-state index contributed by atoms with van der Waals surface area (Å²) in [7, 11) is -3.47. The van der Waals surface area contributed by atoms with Gasteiger partial charge >= 0.3 is 0 Å². The lowest BCUT2D eigenvalue weighted by Crippen LogP contribution is -2.37. The smallest absolute Gasteiger partial charge is 0.258 e. The monoisotopic (exact) mass is 471 g/mol. The van der Waals surface area contributed by atoms with Crippen LogP contribution >= 0.6 is 27.3 Å². The first kappa shape index (κ1) is 18.7. The Bertz CT molecular complexity index is 1060. The maximum atomic E-state index is 13.4. The molecule has 0 saturated carbocycles. The van der Waals surface area contributed by atoms with Crippen LogP contribution in [0.4, 0.5) is 4.39 Å². The van der Waals surface area contributed by atoms with E-state index >= 15 is 0 Å². The molecule has 0 spiro atoms. The van der Waals surface area contributed by atoms with Crippen molar-refractivity contribution in [3.05, 3.63) is 51.8 Å². The highest BCUT2D eigenvalue weighted by molar-refractivity contribution is 9.11. The minimum atomic E-state index is -3.47. The maximum absolute atomic E-state index is 13.4. The van der Waals surface area contributed by atoms with Gasteiger partial charge in [-0.05, 0) is 59.1 Å². The number of thiophene rings is 1. The third kappa shape index (κ3) is 3.84. The zero-order valence-corrected chi connectivity index (χ0v) is 17.2. The Labute approximate surface area is 168 Å². The van der Waals surface area contributed by atoms with E-state index in [2.05, 4.69) is 26.1 Å². The van der Waals surface area contributed by atoms with Crippen LogP contribution in [0.25, 0.3) is 11.5 Å². The second-order valence-electron chi connectivity index (χ2n) is 6.20. The molecule has 27 heavy (non-hydrogen) atoms. The number of sulfonamides is 1. The molecule has 0 amide bonds. The molecule has 1 aromatic carbocycles. The largest absolute Gasteiger partial charge is 0.334 e. The van der Waals surface area contributed by atoms with Gasteiger partial charge in [0.25, 0.3) is 15.9 Å². The number of hydrogen-bond acceptors (Lipinski definition) is 6. The molecule has 4 rings (SSSR count). The Hall–Kier alpha value is -1.62. The highest BCUT2D eigenvalue weighted by Crippen LogP contribution is 2.33. The van der Waals surface area contributed by atoms with Crippen molar-refractivity contribution >= 4 is 37.3 Å². The van der Waals surface area contributed by atoms with Gasteiger partial charge in [0.2, 0.25) is 0 Å². The summed E-state index contributed by atoms with van der Waals surface area (Å²) in [6, 6.07) is 9.32. The van der Waals surface area contributed by atoms with Crippen molar-refractivity contribution in [3.8, 4) is 11.5 Å². The lowest BCUT2D eigenvalue weighted by Gasteiger charge is -2.29. The fourth-order valence-electron chi connectivity index (χ4n) is 3.06. The first-order valence-corrected chi connectivity index (χ1v) is 11.3. The van der Waals surface area contributed by atoms with Crippen molar-refractivity contribution in [2.45, 2.75) is 23.0 Å². The Balaban J connectivity index is 1.45. The minimum absolute atomic E-state index is 0.0116. The SMILES string of the molecule is O=S(=O)(c1ccc(Br)s1)N1CCC(c2noc(-c3cccc(F)c3)n2)CC1. The molecule has 0 atom stereocenters. The number of piperidine rings is 1. The molecule has 1 aliphatic heterocycles. The van der Waals surface area contributed by atoms with Crippen LogP contribution in [0.2, 0.25) is 0 Å². The summed E-state index contributed by atoms with van der Waals surface area (Å²) in [5.41, 5.74) is 0.525. The molecule has 0 bridgehead atoms. The lowest BCUT2D eigenvalue weighted by atomic mass is 9.97. The van der Waals surface area contributed by atoms with E-state index in [1.54, 1.807) is 24.3 Å². The molecule has 3 heterocycles. The first-order valence-electron chi connectivity index (χ1n) is 8.28. The first-order chi connectivity index (χ1) is 12.9. The van der Waals surface area contributed by atoms with Gasteiger partial charge in [-0.2, -0.15) is 9.29 Å². The third-order valence-corrected chi connectivity index (χ3v) is 8.46. The van der Waals surface area contributed by atoms with Gasteiger partial charge in [-0.15, -0.1) is 11.3 Å². The van der Waals surface area contributed by atoms with Gasteiger partial charge in [-0.25, -0.2) is 12.8 Å². The zero-order chi connectivity index (χ0) is 19.0. The van der Waals surface area contributed by atoms with Crippen LogP contribution in [0.3, 0.4) is 0 Å². The Morgan fingerprint density at radius 2 is 2.00 bits per heavy atom. The van der Waals surface area contributed by atoms with Gasteiger partial charge in [0.15, 0.2) is 5.82 Å². The van der Waals surface area contributed by atoms with Gasteiger partial charge in [0.1, 0.15) is 10.0 Å². The molecule has 1 fully saturated rings. The van der Waals surface area contributed by atoms with E-state index in [1.807, 2.05) is 0 Å². The molecule has 142 valence electrons. The van der Waals surface area contributed by atoms with Gasteiger partial charge in [0, 0.05) is 24.6 Å². The van der Waals surface area contributed by atoms with E-state index in [4.69, 9.17) is 4.52 Å². The summed E-state index contributed by atoms with van der Waals surface area (Å²) in [6.45, 7) is 0.790. The number of rotatable bonds is 4. The summed E-state index contributed by atoms with van der Waals surface area (Å²) >= 11 is 4.50.